The molecule has 1 rings (SSSR count). The highest BCUT2D eigenvalue weighted by Gasteiger charge is 2.20. The van der Waals surface area contributed by atoms with Crippen LogP contribution in [0.4, 0.5) is 0 Å². The Labute approximate surface area is 97.0 Å². The van der Waals surface area contributed by atoms with E-state index in [1.807, 2.05) is 40.1 Å². The van der Waals surface area contributed by atoms with Gasteiger partial charge in [0.1, 0.15) is 17.6 Å². The Bertz CT molecular complexity index is 341. The van der Waals surface area contributed by atoms with Gasteiger partial charge in [-0.15, -0.1) is 0 Å². The van der Waals surface area contributed by atoms with E-state index in [-0.39, 0.29) is 5.60 Å². The van der Waals surface area contributed by atoms with Crippen LogP contribution in [-0.2, 0) is 0 Å². The first-order chi connectivity index (χ1) is 7.43. The van der Waals surface area contributed by atoms with Gasteiger partial charge in [0, 0.05) is 12.1 Å². The van der Waals surface area contributed by atoms with E-state index in [2.05, 4.69) is 4.90 Å². The molecule has 0 unspecified atom stereocenters. The van der Waals surface area contributed by atoms with Crippen molar-refractivity contribution in [2.24, 2.45) is 0 Å². The van der Waals surface area contributed by atoms with Gasteiger partial charge in [-0.05, 0) is 52.2 Å². The maximum Gasteiger partial charge on any atom is 0.150 e. The van der Waals surface area contributed by atoms with Crippen molar-refractivity contribution in [1.29, 1.82) is 0 Å². The first-order valence-corrected chi connectivity index (χ1v) is 5.32. The van der Waals surface area contributed by atoms with Crippen molar-refractivity contribution >= 4 is 6.29 Å². The number of carbonyl (C=O) groups excluding carboxylic acids is 1. The van der Waals surface area contributed by atoms with Crippen LogP contribution in [0.15, 0.2) is 24.3 Å². The Hall–Kier alpha value is -1.35. The van der Waals surface area contributed by atoms with Gasteiger partial charge in [-0.1, -0.05) is 0 Å². The molecule has 0 saturated heterocycles. The third-order valence-electron chi connectivity index (χ3n) is 2.11. The summed E-state index contributed by atoms with van der Waals surface area (Å²) >= 11 is 0. The molecule has 1 aromatic rings. The number of benzene rings is 1. The van der Waals surface area contributed by atoms with Crippen molar-refractivity contribution in [1.82, 2.24) is 4.90 Å². The maximum absolute atomic E-state index is 10.5. The van der Waals surface area contributed by atoms with Crippen molar-refractivity contribution < 1.29 is 9.53 Å². The molecule has 0 radical (unpaired) electrons. The second-order valence-electron chi connectivity index (χ2n) is 4.79. The summed E-state index contributed by atoms with van der Waals surface area (Å²) in [6.07, 6.45) is 0.828. The Balaban J connectivity index is 2.68. The van der Waals surface area contributed by atoms with E-state index in [1.165, 1.54) is 0 Å². The van der Waals surface area contributed by atoms with E-state index in [9.17, 15) is 4.79 Å². The van der Waals surface area contributed by atoms with Gasteiger partial charge in [0.25, 0.3) is 0 Å². The molecule has 0 aliphatic rings. The molecule has 0 bridgehead atoms. The molecule has 0 atom stereocenters. The highest BCUT2D eigenvalue weighted by atomic mass is 16.5. The van der Waals surface area contributed by atoms with Gasteiger partial charge in [0.15, 0.2) is 0 Å². The van der Waals surface area contributed by atoms with Gasteiger partial charge in [-0.3, -0.25) is 4.79 Å². The summed E-state index contributed by atoms with van der Waals surface area (Å²) in [5.74, 6) is 0.789. The quantitative estimate of drug-likeness (QED) is 0.714. The monoisotopic (exact) mass is 221 g/mol. The third-order valence-corrected chi connectivity index (χ3v) is 2.11. The van der Waals surface area contributed by atoms with E-state index in [0.717, 1.165) is 18.6 Å². The summed E-state index contributed by atoms with van der Waals surface area (Å²) in [4.78, 5) is 12.6. The molecular weight excluding hydrogens is 202 g/mol. The predicted molar refractivity (Wildman–Crippen MR) is 65.1 cm³/mol. The van der Waals surface area contributed by atoms with E-state index in [0.29, 0.717) is 5.56 Å². The SMILES string of the molecule is CN(C)CC(C)(C)Oc1ccc(C=O)cc1. The number of hydrogen-bond acceptors (Lipinski definition) is 3. The normalized spacial score (nSPS) is 11.6. The van der Waals surface area contributed by atoms with Crippen LogP contribution in [0.25, 0.3) is 0 Å². The van der Waals surface area contributed by atoms with Crippen molar-refractivity contribution in [2.45, 2.75) is 19.4 Å². The average Bonchev–Trinajstić information content (AvgIpc) is 2.16. The van der Waals surface area contributed by atoms with E-state index >= 15 is 0 Å². The molecule has 0 spiro atoms. The van der Waals surface area contributed by atoms with Gasteiger partial charge in [-0.25, -0.2) is 0 Å². The highest BCUT2D eigenvalue weighted by Crippen LogP contribution is 2.19. The van der Waals surface area contributed by atoms with E-state index in [1.54, 1.807) is 12.1 Å². The van der Waals surface area contributed by atoms with Crippen molar-refractivity contribution in [3.8, 4) is 5.75 Å². The second kappa shape index (κ2) is 5.12. The molecular formula is C13H19NO2. The van der Waals surface area contributed by atoms with Crippen LogP contribution >= 0.6 is 0 Å². The molecule has 0 fully saturated rings. The summed E-state index contributed by atoms with van der Waals surface area (Å²) in [6.45, 7) is 4.92. The van der Waals surface area contributed by atoms with Gasteiger partial charge in [0.2, 0.25) is 0 Å². The summed E-state index contributed by atoms with van der Waals surface area (Å²) in [5, 5.41) is 0. The smallest absolute Gasteiger partial charge is 0.150 e. The third kappa shape index (κ3) is 4.03. The standard InChI is InChI=1S/C13H19NO2/c1-13(2,10-14(3)4)16-12-7-5-11(9-15)6-8-12/h5-9H,10H2,1-4H3. The highest BCUT2D eigenvalue weighted by molar-refractivity contribution is 5.74. The zero-order chi connectivity index (χ0) is 12.2. The zero-order valence-corrected chi connectivity index (χ0v) is 10.4. The molecule has 0 aliphatic carbocycles. The molecule has 88 valence electrons. The summed E-state index contributed by atoms with van der Waals surface area (Å²) in [5.41, 5.74) is 0.421. The number of hydrogen-bond donors (Lipinski definition) is 0. The van der Waals surface area contributed by atoms with Crippen LogP contribution in [0, 0.1) is 0 Å². The Morgan fingerprint density at radius 2 is 1.81 bits per heavy atom. The van der Waals surface area contributed by atoms with E-state index in [4.69, 9.17) is 4.74 Å². The fraction of sp³-hybridized carbons (Fsp3) is 0.462. The molecule has 3 nitrogen and oxygen atoms in total. The van der Waals surface area contributed by atoms with Crippen LogP contribution < -0.4 is 4.74 Å². The van der Waals surface area contributed by atoms with Gasteiger partial charge in [0.05, 0.1) is 0 Å². The summed E-state index contributed by atoms with van der Waals surface area (Å²) in [6, 6.07) is 7.16. The molecule has 0 amide bonds. The molecule has 0 saturated carbocycles. The Kier molecular flexibility index (Phi) is 4.07. The maximum atomic E-state index is 10.5. The van der Waals surface area contributed by atoms with Crippen LogP contribution in [-0.4, -0.2) is 37.4 Å². The largest absolute Gasteiger partial charge is 0.487 e. The number of ether oxygens (including phenoxy) is 1. The van der Waals surface area contributed by atoms with Crippen molar-refractivity contribution in [2.75, 3.05) is 20.6 Å². The average molecular weight is 221 g/mol. The number of nitrogens with zero attached hydrogens (tertiary/aromatic N) is 1. The lowest BCUT2D eigenvalue weighted by atomic mass is 10.1. The minimum atomic E-state index is -0.244. The second-order valence-corrected chi connectivity index (χ2v) is 4.79. The minimum absolute atomic E-state index is 0.244. The molecule has 0 heterocycles. The van der Waals surface area contributed by atoms with Crippen LogP contribution in [0.1, 0.15) is 24.2 Å². The van der Waals surface area contributed by atoms with Gasteiger partial charge < -0.3 is 9.64 Å². The van der Waals surface area contributed by atoms with Crippen LogP contribution in [0.3, 0.4) is 0 Å². The van der Waals surface area contributed by atoms with Crippen LogP contribution in [0.5, 0.6) is 5.75 Å². The zero-order valence-electron chi connectivity index (χ0n) is 10.4. The minimum Gasteiger partial charge on any atom is -0.487 e. The summed E-state index contributed by atoms with van der Waals surface area (Å²) in [7, 11) is 4.03. The first kappa shape index (κ1) is 12.7. The Morgan fingerprint density at radius 1 is 1.25 bits per heavy atom. The number of likely N-dealkylation sites (N-methyl/N-ethyl adjacent to an activating group) is 1. The molecule has 1 aromatic carbocycles. The number of rotatable bonds is 5. The van der Waals surface area contributed by atoms with Crippen molar-refractivity contribution in [3.63, 3.8) is 0 Å². The van der Waals surface area contributed by atoms with E-state index < -0.39 is 0 Å². The molecule has 3 heteroatoms. The number of aldehydes is 1. The number of carbonyl (C=O) groups is 1. The molecule has 0 N–H and O–H groups in total. The molecule has 0 aliphatic heterocycles. The Morgan fingerprint density at radius 3 is 2.25 bits per heavy atom. The topological polar surface area (TPSA) is 29.5 Å². The van der Waals surface area contributed by atoms with Gasteiger partial charge >= 0.3 is 0 Å². The summed E-state index contributed by atoms with van der Waals surface area (Å²) < 4.78 is 5.85. The lowest BCUT2D eigenvalue weighted by molar-refractivity contribution is 0.0775. The molecule has 16 heavy (non-hydrogen) atoms. The molecule has 0 aromatic heterocycles. The first-order valence-electron chi connectivity index (χ1n) is 5.32. The lowest BCUT2D eigenvalue weighted by Gasteiger charge is -2.29. The van der Waals surface area contributed by atoms with Crippen molar-refractivity contribution in [3.05, 3.63) is 29.8 Å². The van der Waals surface area contributed by atoms with Crippen LogP contribution in [0.2, 0.25) is 0 Å². The predicted octanol–water partition coefficient (Wildman–Crippen LogP) is 2.22. The fourth-order valence-electron chi connectivity index (χ4n) is 1.73. The fourth-order valence-corrected chi connectivity index (χ4v) is 1.73. The lowest BCUT2D eigenvalue weighted by Crippen LogP contribution is -2.39. The van der Waals surface area contributed by atoms with Gasteiger partial charge in [-0.2, -0.15) is 0 Å².